The average Bonchev–Trinajstić information content (AvgIpc) is 2.67. The molecular weight excluding hydrogens is 332 g/mol. The summed E-state index contributed by atoms with van der Waals surface area (Å²) >= 11 is 0. The molecule has 6 heteroatoms. The Morgan fingerprint density at radius 1 is 1.15 bits per heavy atom. The Morgan fingerprint density at radius 3 is 2.73 bits per heavy atom. The summed E-state index contributed by atoms with van der Waals surface area (Å²) in [5, 5.41) is 11.8. The van der Waals surface area contributed by atoms with Crippen LogP contribution in [0.15, 0.2) is 42.6 Å². The highest BCUT2D eigenvalue weighted by molar-refractivity contribution is 6.05. The molecule has 1 aliphatic carbocycles. The molecular formula is C20H22N2O4. The van der Waals surface area contributed by atoms with Crippen LogP contribution in [0.5, 0.6) is 0 Å². The maximum absolute atomic E-state index is 12.3. The minimum absolute atomic E-state index is 0.160. The third-order valence-electron chi connectivity index (χ3n) is 4.46. The monoisotopic (exact) mass is 354 g/mol. The van der Waals surface area contributed by atoms with Crippen LogP contribution in [-0.2, 0) is 11.3 Å². The van der Waals surface area contributed by atoms with E-state index in [1.807, 2.05) is 18.2 Å². The van der Waals surface area contributed by atoms with E-state index in [0.717, 1.165) is 18.4 Å². The van der Waals surface area contributed by atoms with Gasteiger partial charge >= 0.3 is 5.97 Å². The lowest BCUT2D eigenvalue weighted by molar-refractivity contribution is 0.0169. The fourth-order valence-electron chi connectivity index (χ4n) is 3.08. The van der Waals surface area contributed by atoms with Crippen LogP contribution in [-0.4, -0.2) is 28.1 Å². The summed E-state index contributed by atoms with van der Waals surface area (Å²) in [5.74, 6) is -1.54. The molecule has 136 valence electrons. The highest BCUT2D eigenvalue weighted by atomic mass is 16.5. The molecule has 0 saturated heterocycles. The normalized spacial score (nSPS) is 14.8. The van der Waals surface area contributed by atoms with Gasteiger partial charge in [0.2, 0.25) is 0 Å². The quantitative estimate of drug-likeness (QED) is 0.822. The van der Waals surface area contributed by atoms with Gasteiger partial charge in [0.25, 0.3) is 5.91 Å². The fraction of sp³-hybridized carbons (Fsp3) is 0.350. The minimum atomic E-state index is -1.17. The van der Waals surface area contributed by atoms with E-state index < -0.39 is 5.97 Å². The van der Waals surface area contributed by atoms with Crippen LogP contribution in [0.2, 0.25) is 0 Å². The van der Waals surface area contributed by atoms with Crippen molar-refractivity contribution in [2.45, 2.75) is 44.8 Å². The number of carboxylic acids is 1. The third kappa shape index (κ3) is 4.89. The maximum Gasteiger partial charge on any atom is 0.354 e. The Bertz CT molecular complexity index is 785. The van der Waals surface area contributed by atoms with E-state index in [-0.39, 0.29) is 17.2 Å². The molecule has 1 amide bonds. The van der Waals surface area contributed by atoms with Gasteiger partial charge in [-0.2, -0.15) is 0 Å². The fourth-order valence-corrected chi connectivity index (χ4v) is 3.08. The molecule has 1 fully saturated rings. The Kier molecular flexibility index (Phi) is 5.96. The molecule has 2 N–H and O–H groups in total. The number of pyridine rings is 1. The van der Waals surface area contributed by atoms with Crippen molar-refractivity contribution >= 4 is 17.6 Å². The molecule has 3 rings (SSSR count). The zero-order chi connectivity index (χ0) is 18.4. The van der Waals surface area contributed by atoms with E-state index in [1.54, 1.807) is 6.07 Å². The molecule has 0 unspecified atom stereocenters. The van der Waals surface area contributed by atoms with E-state index in [1.165, 1.54) is 37.6 Å². The minimum Gasteiger partial charge on any atom is -0.477 e. The molecule has 1 aromatic carbocycles. The number of hydrogen-bond donors (Lipinski definition) is 2. The third-order valence-corrected chi connectivity index (χ3v) is 4.46. The highest BCUT2D eigenvalue weighted by Crippen LogP contribution is 2.22. The Balaban J connectivity index is 1.61. The first-order chi connectivity index (χ1) is 12.6. The van der Waals surface area contributed by atoms with Crippen LogP contribution in [0.4, 0.5) is 5.69 Å². The van der Waals surface area contributed by atoms with Gasteiger partial charge in [-0.1, -0.05) is 31.4 Å². The number of nitrogens with one attached hydrogen (secondary N) is 1. The summed E-state index contributed by atoms with van der Waals surface area (Å²) < 4.78 is 5.97. The Morgan fingerprint density at radius 2 is 1.96 bits per heavy atom. The maximum atomic E-state index is 12.3. The molecule has 1 heterocycles. The Labute approximate surface area is 152 Å². The molecule has 0 radical (unpaired) electrons. The number of anilines is 1. The molecule has 0 atom stereocenters. The molecule has 2 aromatic rings. The van der Waals surface area contributed by atoms with Gasteiger partial charge in [0.1, 0.15) is 5.69 Å². The van der Waals surface area contributed by atoms with Gasteiger partial charge < -0.3 is 15.2 Å². The molecule has 0 bridgehead atoms. The van der Waals surface area contributed by atoms with E-state index in [4.69, 9.17) is 9.84 Å². The number of carbonyl (C=O) groups is 2. The summed E-state index contributed by atoms with van der Waals surface area (Å²) in [5.41, 5.74) is 1.73. The van der Waals surface area contributed by atoms with Crippen molar-refractivity contribution in [1.29, 1.82) is 0 Å². The lowest BCUT2D eigenvalue weighted by Crippen LogP contribution is -2.16. The number of amides is 1. The molecule has 0 spiro atoms. The standard InChI is InChI=1S/C20H22N2O4/c23-19(15-9-10-21-18(12-15)20(24)25)22-16-6-4-5-14(11-16)13-26-17-7-2-1-3-8-17/h4-6,9-12,17H,1-3,7-8,13H2,(H,22,23)(H,24,25). The van der Waals surface area contributed by atoms with Crippen LogP contribution < -0.4 is 5.32 Å². The van der Waals surface area contributed by atoms with E-state index in [2.05, 4.69) is 10.3 Å². The van der Waals surface area contributed by atoms with Crippen LogP contribution >= 0.6 is 0 Å². The van der Waals surface area contributed by atoms with Crippen molar-refractivity contribution in [2.75, 3.05) is 5.32 Å². The number of carboxylic acid groups (broad SMARTS) is 1. The summed E-state index contributed by atoms with van der Waals surface area (Å²) in [6.07, 6.45) is 7.62. The number of nitrogens with zero attached hydrogens (tertiary/aromatic N) is 1. The van der Waals surface area contributed by atoms with Crippen molar-refractivity contribution in [3.8, 4) is 0 Å². The van der Waals surface area contributed by atoms with Crippen molar-refractivity contribution in [3.05, 3.63) is 59.4 Å². The number of carbonyl (C=O) groups excluding carboxylic acids is 1. The number of aromatic carboxylic acids is 1. The summed E-state index contributed by atoms with van der Waals surface area (Å²) in [6.45, 7) is 0.521. The second kappa shape index (κ2) is 8.58. The molecule has 6 nitrogen and oxygen atoms in total. The molecule has 26 heavy (non-hydrogen) atoms. The molecule has 1 saturated carbocycles. The number of ether oxygens (including phenoxy) is 1. The van der Waals surface area contributed by atoms with Gasteiger partial charge in [0.05, 0.1) is 12.7 Å². The smallest absolute Gasteiger partial charge is 0.354 e. The SMILES string of the molecule is O=C(Nc1cccc(COC2CCCCC2)c1)c1ccnc(C(=O)O)c1. The molecule has 1 aliphatic rings. The Hall–Kier alpha value is -2.73. The zero-order valence-corrected chi connectivity index (χ0v) is 14.5. The predicted octanol–water partition coefficient (Wildman–Crippen LogP) is 3.88. The van der Waals surface area contributed by atoms with Crippen molar-refractivity contribution in [3.63, 3.8) is 0 Å². The zero-order valence-electron chi connectivity index (χ0n) is 14.5. The van der Waals surface area contributed by atoms with Crippen LogP contribution in [0.1, 0.15) is 58.5 Å². The largest absolute Gasteiger partial charge is 0.477 e. The van der Waals surface area contributed by atoms with Gasteiger partial charge in [-0.05, 0) is 42.7 Å². The molecule has 1 aromatic heterocycles. The van der Waals surface area contributed by atoms with Gasteiger partial charge in [-0.3, -0.25) is 4.79 Å². The summed E-state index contributed by atoms with van der Waals surface area (Å²) in [7, 11) is 0. The summed E-state index contributed by atoms with van der Waals surface area (Å²) in [6, 6.07) is 10.2. The van der Waals surface area contributed by atoms with Crippen LogP contribution in [0.3, 0.4) is 0 Å². The number of benzene rings is 1. The van der Waals surface area contributed by atoms with Gasteiger partial charge in [0.15, 0.2) is 0 Å². The highest BCUT2D eigenvalue weighted by Gasteiger charge is 2.14. The first-order valence-corrected chi connectivity index (χ1v) is 8.83. The van der Waals surface area contributed by atoms with E-state index in [9.17, 15) is 9.59 Å². The lowest BCUT2D eigenvalue weighted by atomic mass is 9.98. The first kappa shape index (κ1) is 18.1. The van der Waals surface area contributed by atoms with Crippen molar-refractivity contribution in [2.24, 2.45) is 0 Å². The van der Waals surface area contributed by atoms with Gasteiger partial charge in [-0.25, -0.2) is 9.78 Å². The van der Waals surface area contributed by atoms with Crippen molar-refractivity contribution in [1.82, 2.24) is 4.98 Å². The first-order valence-electron chi connectivity index (χ1n) is 8.83. The van der Waals surface area contributed by atoms with E-state index >= 15 is 0 Å². The van der Waals surface area contributed by atoms with E-state index in [0.29, 0.717) is 18.4 Å². The van der Waals surface area contributed by atoms with Crippen LogP contribution in [0.25, 0.3) is 0 Å². The number of hydrogen-bond acceptors (Lipinski definition) is 4. The van der Waals surface area contributed by atoms with Gasteiger partial charge in [0, 0.05) is 17.4 Å². The number of aromatic nitrogens is 1. The number of rotatable bonds is 6. The topological polar surface area (TPSA) is 88.5 Å². The van der Waals surface area contributed by atoms with Gasteiger partial charge in [-0.15, -0.1) is 0 Å². The summed E-state index contributed by atoms with van der Waals surface area (Å²) in [4.78, 5) is 27.0. The second-order valence-electron chi connectivity index (χ2n) is 6.46. The van der Waals surface area contributed by atoms with Crippen molar-refractivity contribution < 1.29 is 19.4 Å². The van der Waals surface area contributed by atoms with Crippen LogP contribution in [0, 0.1) is 0 Å². The second-order valence-corrected chi connectivity index (χ2v) is 6.46. The average molecular weight is 354 g/mol. The predicted molar refractivity (Wildman–Crippen MR) is 97.3 cm³/mol. The lowest BCUT2D eigenvalue weighted by Gasteiger charge is -2.22. The molecule has 0 aliphatic heterocycles.